The van der Waals surface area contributed by atoms with Crippen LogP contribution in [0.5, 0.6) is 0 Å². The summed E-state index contributed by atoms with van der Waals surface area (Å²) in [5, 5.41) is 0.720. The summed E-state index contributed by atoms with van der Waals surface area (Å²) in [4.78, 5) is 16.5. The molecule has 0 radical (unpaired) electrons. The fraction of sp³-hybridized carbons (Fsp3) is 0.588. The molecule has 0 saturated carbocycles. The van der Waals surface area contributed by atoms with Gasteiger partial charge in [0.1, 0.15) is 0 Å². The number of carbonyl (C=O) groups excluding carboxylic acids is 1. The van der Waals surface area contributed by atoms with Crippen LogP contribution in [0.2, 0.25) is 5.02 Å². The SMILES string of the molecule is O=C(CSCc1ccc(Cl)cc1)N1CCN([C@@H]2CCS(=O)(=O)C2)CC1. The quantitative estimate of drug-likeness (QED) is 0.752. The van der Waals surface area contributed by atoms with Gasteiger partial charge in [-0.3, -0.25) is 9.69 Å². The van der Waals surface area contributed by atoms with E-state index in [1.165, 1.54) is 0 Å². The number of nitrogens with zero attached hydrogens (tertiary/aromatic N) is 2. The average molecular weight is 403 g/mol. The fourth-order valence-corrected chi connectivity index (χ4v) is 6.10. The first-order valence-corrected chi connectivity index (χ1v) is 11.8. The summed E-state index contributed by atoms with van der Waals surface area (Å²) in [6.45, 7) is 2.93. The molecular weight excluding hydrogens is 380 g/mol. The van der Waals surface area contributed by atoms with E-state index in [0.29, 0.717) is 24.6 Å². The molecule has 0 aliphatic carbocycles. The molecule has 1 atom stereocenters. The number of piperazine rings is 1. The zero-order valence-corrected chi connectivity index (χ0v) is 16.5. The van der Waals surface area contributed by atoms with Gasteiger partial charge < -0.3 is 4.90 Å². The number of hydrogen-bond acceptors (Lipinski definition) is 5. The van der Waals surface area contributed by atoms with Crippen molar-refractivity contribution >= 4 is 39.1 Å². The second kappa shape index (κ2) is 8.29. The Bertz CT molecular complexity index is 701. The number of sulfone groups is 1. The van der Waals surface area contributed by atoms with E-state index >= 15 is 0 Å². The Balaban J connectivity index is 1.39. The molecule has 0 N–H and O–H groups in total. The lowest BCUT2D eigenvalue weighted by molar-refractivity contribution is -0.130. The Kier molecular flexibility index (Phi) is 6.30. The van der Waals surface area contributed by atoms with E-state index in [9.17, 15) is 13.2 Å². The van der Waals surface area contributed by atoms with Crippen molar-refractivity contribution in [2.24, 2.45) is 0 Å². The maximum Gasteiger partial charge on any atom is 0.232 e. The van der Waals surface area contributed by atoms with Gasteiger partial charge in [-0.2, -0.15) is 0 Å². The van der Waals surface area contributed by atoms with Crippen molar-refractivity contribution in [1.82, 2.24) is 9.80 Å². The van der Waals surface area contributed by atoms with Crippen LogP contribution >= 0.6 is 23.4 Å². The van der Waals surface area contributed by atoms with Crippen molar-refractivity contribution in [3.63, 3.8) is 0 Å². The van der Waals surface area contributed by atoms with Crippen LogP contribution in [-0.2, 0) is 20.4 Å². The van der Waals surface area contributed by atoms with Crippen LogP contribution in [0.25, 0.3) is 0 Å². The monoisotopic (exact) mass is 402 g/mol. The van der Waals surface area contributed by atoms with E-state index in [0.717, 1.165) is 35.8 Å². The minimum Gasteiger partial charge on any atom is -0.339 e. The van der Waals surface area contributed by atoms with Gasteiger partial charge >= 0.3 is 0 Å². The Morgan fingerprint density at radius 2 is 1.84 bits per heavy atom. The minimum atomic E-state index is -2.85. The number of hydrogen-bond donors (Lipinski definition) is 0. The normalized spacial score (nSPS) is 23.7. The van der Waals surface area contributed by atoms with Crippen LogP contribution in [0.1, 0.15) is 12.0 Å². The molecule has 2 aliphatic heterocycles. The summed E-state index contributed by atoms with van der Waals surface area (Å²) in [5.74, 6) is 2.01. The van der Waals surface area contributed by atoms with E-state index < -0.39 is 9.84 Å². The highest BCUT2D eigenvalue weighted by Crippen LogP contribution is 2.20. The molecule has 0 aromatic heterocycles. The predicted molar refractivity (Wildman–Crippen MR) is 103 cm³/mol. The molecule has 1 amide bonds. The second-order valence-corrected chi connectivity index (χ2v) is 10.2. The highest BCUT2D eigenvalue weighted by atomic mass is 35.5. The molecule has 1 aromatic rings. The molecule has 0 spiro atoms. The number of carbonyl (C=O) groups is 1. The van der Waals surface area contributed by atoms with Gasteiger partial charge in [0.05, 0.1) is 17.3 Å². The van der Waals surface area contributed by atoms with Crippen molar-refractivity contribution in [3.8, 4) is 0 Å². The third kappa shape index (κ3) is 5.36. The first kappa shape index (κ1) is 19.0. The maximum atomic E-state index is 12.3. The Morgan fingerprint density at radius 3 is 2.44 bits per heavy atom. The smallest absolute Gasteiger partial charge is 0.232 e. The van der Waals surface area contributed by atoms with Crippen molar-refractivity contribution in [3.05, 3.63) is 34.9 Å². The number of thioether (sulfide) groups is 1. The van der Waals surface area contributed by atoms with Crippen molar-refractivity contribution in [2.45, 2.75) is 18.2 Å². The van der Waals surface area contributed by atoms with Crippen molar-refractivity contribution in [1.29, 1.82) is 0 Å². The van der Waals surface area contributed by atoms with Crippen LogP contribution in [0.15, 0.2) is 24.3 Å². The molecule has 8 heteroatoms. The third-order valence-corrected chi connectivity index (χ3v) is 7.79. The summed E-state index contributed by atoms with van der Waals surface area (Å²) in [6.07, 6.45) is 0.729. The summed E-state index contributed by atoms with van der Waals surface area (Å²) in [5.41, 5.74) is 1.16. The molecule has 1 aromatic carbocycles. The minimum absolute atomic E-state index is 0.140. The summed E-state index contributed by atoms with van der Waals surface area (Å²) in [7, 11) is -2.85. The van der Waals surface area contributed by atoms with Crippen molar-refractivity contribution < 1.29 is 13.2 Å². The average Bonchev–Trinajstić information content (AvgIpc) is 2.97. The molecule has 25 heavy (non-hydrogen) atoms. The lowest BCUT2D eigenvalue weighted by Gasteiger charge is -2.37. The standard InChI is InChI=1S/C17H23ClN2O3S2/c18-15-3-1-14(2-4-15)11-24-12-17(21)20-8-6-19(7-9-20)16-5-10-25(22,23)13-16/h1-4,16H,5-13H2/t16-/m1/s1. The maximum absolute atomic E-state index is 12.3. The number of rotatable bonds is 5. The first-order chi connectivity index (χ1) is 11.9. The van der Waals surface area contributed by atoms with Crippen LogP contribution < -0.4 is 0 Å². The molecule has 138 valence electrons. The molecule has 0 bridgehead atoms. The van der Waals surface area contributed by atoms with E-state index in [1.807, 2.05) is 29.2 Å². The number of halogens is 1. The second-order valence-electron chi connectivity index (χ2n) is 6.59. The van der Waals surface area contributed by atoms with E-state index in [4.69, 9.17) is 11.6 Å². The van der Waals surface area contributed by atoms with Gasteiger partial charge in [0.2, 0.25) is 5.91 Å². The summed E-state index contributed by atoms with van der Waals surface area (Å²) < 4.78 is 23.2. The van der Waals surface area contributed by atoms with Gasteiger partial charge in [-0.25, -0.2) is 8.42 Å². The molecule has 3 rings (SSSR count). The van der Waals surface area contributed by atoms with Crippen molar-refractivity contribution in [2.75, 3.05) is 43.4 Å². The fourth-order valence-electron chi connectivity index (χ4n) is 3.33. The number of amides is 1. The highest BCUT2D eigenvalue weighted by molar-refractivity contribution is 7.99. The molecule has 5 nitrogen and oxygen atoms in total. The van der Waals surface area contributed by atoms with Gasteiger partial charge in [0.25, 0.3) is 0 Å². The van der Waals surface area contributed by atoms with Gasteiger partial charge in [0, 0.05) is 43.0 Å². The van der Waals surface area contributed by atoms with Crippen LogP contribution in [0.3, 0.4) is 0 Å². The topological polar surface area (TPSA) is 57.7 Å². The van der Waals surface area contributed by atoms with E-state index in [2.05, 4.69) is 4.90 Å². The summed E-state index contributed by atoms with van der Waals surface area (Å²) in [6, 6.07) is 7.83. The van der Waals surface area contributed by atoms with Crippen LogP contribution in [-0.4, -0.2) is 73.6 Å². The zero-order valence-electron chi connectivity index (χ0n) is 14.1. The third-order valence-electron chi connectivity index (χ3n) is 4.80. The molecule has 0 unspecified atom stereocenters. The molecule has 2 fully saturated rings. The van der Waals surface area contributed by atoms with Gasteiger partial charge in [0.15, 0.2) is 9.84 Å². The van der Waals surface area contributed by atoms with Crippen LogP contribution in [0.4, 0.5) is 0 Å². The Morgan fingerprint density at radius 1 is 1.16 bits per heavy atom. The van der Waals surface area contributed by atoms with E-state index in [1.54, 1.807) is 11.8 Å². The summed E-state index contributed by atoms with van der Waals surface area (Å²) >= 11 is 7.48. The Labute approximate surface area is 158 Å². The van der Waals surface area contributed by atoms with Gasteiger partial charge in [-0.1, -0.05) is 23.7 Å². The zero-order chi connectivity index (χ0) is 17.9. The Hall–Kier alpha value is -0.760. The number of benzene rings is 1. The highest BCUT2D eigenvalue weighted by Gasteiger charge is 2.34. The molecular formula is C17H23ClN2O3S2. The van der Waals surface area contributed by atoms with Gasteiger partial charge in [-0.15, -0.1) is 11.8 Å². The van der Waals surface area contributed by atoms with E-state index in [-0.39, 0.29) is 17.7 Å². The largest absolute Gasteiger partial charge is 0.339 e. The predicted octanol–water partition coefficient (Wildman–Crippen LogP) is 1.90. The molecule has 2 saturated heterocycles. The first-order valence-electron chi connectivity index (χ1n) is 8.47. The molecule has 2 aliphatic rings. The lowest BCUT2D eigenvalue weighted by atomic mass is 10.2. The lowest BCUT2D eigenvalue weighted by Crippen LogP contribution is -2.52. The van der Waals surface area contributed by atoms with Crippen LogP contribution in [0, 0.1) is 0 Å². The molecule has 2 heterocycles. The van der Waals surface area contributed by atoms with Gasteiger partial charge in [-0.05, 0) is 24.1 Å².